The molecule has 0 unspecified atom stereocenters. The van der Waals surface area contributed by atoms with Gasteiger partial charge in [-0.05, 0) is 31.0 Å². The number of rotatable bonds is 4. The molecule has 0 N–H and O–H groups in total. The van der Waals surface area contributed by atoms with Gasteiger partial charge in [0.25, 0.3) is 5.91 Å². The Labute approximate surface area is 154 Å². The number of hydrogen-bond donors (Lipinski definition) is 0. The lowest BCUT2D eigenvalue weighted by Crippen LogP contribution is -2.43. The first-order valence-corrected chi connectivity index (χ1v) is 10.6. The Balaban J connectivity index is 1.89. The molecule has 3 rings (SSSR count). The van der Waals surface area contributed by atoms with Crippen LogP contribution in [-0.2, 0) is 16.3 Å². The summed E-state index contributed by atoms with van der Waals surface area (Å²) in [6, 6.07) is 7.39. The minimum Gasteiger partial charge on any atom is -0.337 e. The van der Waals surface area contributed by atoms with E-state index in [-0.39, 0.29) is 30.5 Å². The average molecular weight is 373 g/mol. The molecule has 26 heavy (non-hydrogen) atoms. The van der Waals surface area contributed by atoms with Gasteiger partial charge < -0.3 is 4.90 Å². The van der Waals surface area contributed by atoms with E-state index >= 15 is 0 Å². The van der Waals surface area contributed by atoms with Crippen molar-refractivity contribution in [3.63, 3.8) is 0 Å². The van der Waals surface area contributed by atoms with E-state index < -0.39 is 9.84 Å². The third-order valence-electron chi connectivity index (χ3n) is 4.52. The lowest BCUT2D eigenvalue weighted by molar-refractivity contribution is 0.0770. The van der Waals surface area contributed by atoms with Crippen LogP contribution in [0.5, 0.6) is 0 Å². The van der Waals surface area contributed by atoms with Gasteiger partial charge >= 0.3 is 0 Å². The predicted molar refractivity (Wildman–Crippen MR) is 101 cm³/mol. The van der Waals surface area contributed by atoms with Gasteiger partial charge in [-0.25, -0.2) is 18.4 Å². The van der Waals surface area contributed by atoms with Gasteiger partial charge in [0.05, 0.1) is 17.2 Å². The van der Waals surface area contributed by atoms with Crippen LogP contribution in [0.15, 0.2) is 30.5 Å². The first-order valence-electron chi connectivity index (χ1n) is 8.82. The number of sulfone groups is 1. The van der Waals surface area contributed by atoms with Crippen LogP contribution in [0.25, 0.3) is 11.3 Å². The zero-order chi connectivity index (χ0) is 18.7. The maximum Gasteiger partial charge on any atom is 0.253 e. The number of aryl methyl sites for hydroxylation is 2. The summed E-state index contributed by atoms with van der Waals surface area (Å²) < 4.78 is 23.1. The van der Waals surface area contributed by atoms with Crippen LogP contribution in [0, 0.1) is 6.92 Å². The highest BCUT2D eigenvalue weighted by Crippen LogP contribution is 2.24. The summed E-state index contributed by atoms with van der Waals surface area (Å²) in [6.07, 6.45) is 3.71. The average Bonchev–Trinajstić information content (AvgIpc) is 2.63. The maximum absolute atomic E-state index is 12.8. The van der Waals surface area contributed by atoms with Gasteiger partial charge in [0.2, 0.25) is 0 Å². The topological polar surface area (TPSA) is 80.2 Å². The smallest absolute Gasteiger partial charge is 0.253 e. The number of nitrogens with zero attached hydrogens (tertiary/aromatic N) is 3. The fourth-order valence-corrected chi connectivity index (χ4v) is 4.30. The third-order valence-corrected chi connectivity index (χ3v) is 6.13. The molecular weight excluding hydrogens is 350 g/mol. The standard InChI is InChI=1S/C19H23N3O3S/c1-3-5-17-13-20-14(2)21-18(17)15-6-4-7-16(12-15)19(23)22-8-10-26(24,25)11-9-22/h4,6-7,12-13H,3,5,8-11H2,1-2H3. The van der Waals surface area contributed by atoms with Crippen molar-refractivity contribution >= 4 is 15.7 Å². The highest BCUT2D eigenvalue weighted by Gasteiger charge is 2.26. The summed E-state index contributed by atoms with van der Waals surface area (Å²) in [5.41, 5.74) is 3.36. The Bertz CT molecular complexity index is 911. The molecule has 0 aliphatic carbocycles. The summed E-state index contributed by atoms with van der Waals surface area (Å²) in [6.45, 7) is 4.45. The van der Waals surface area contributed by atoms with Gasteiger partial charge in [-0.2, -0.15) is 0 Å². The van der Waals surface area contributed by atoms with Crippen LogP contribution in [0.1, 0.15) is 35.1 Å². The van der Waals surface area contributed by atoms with Crippen molar-refractivity contribution in [3.05, 3.63) is 47.4 Å². The number of carbonyl (C=O) groups is 1. The largest absolute Gasteiger partial charge is 0.337 e. The van der Waals surface area contributed by atoms with E-state index in [0.717, 1.165) is 29.7 Å². The van der Waals surface area contributed by atoms with Crippen LogP contribution < -0.4 is 0 Å². The lowest BCUT2D eigenvalue weighted by Gasteiger charge is -2.26. The normalized spacial score (nSPS) is 16.5. The van der Waals surface area contributed by atoms with Crippen molar-refractivity contribution in [3.8, 4) is 11.3 Å². The zero-order valence-corrected chi connectivity index (χ0v) is 15.9. The summed E-state index contributed by atoms with van der Waals surface area (Å²) in [5, 5.41) is 0. The van der Waals surface area contributed by atoms with Crippen molar-refractivity contribution in [2.24, 2.45) is 0 Å². The van der Waals surface area contributed by atoms with Crippen molar-refractivity contribution in [2.75, 3.05) is 24.6 Å². The molecule has 1 aliphatic rings. The summed E-state index contributed by atoms with van der Waals surface area (Å²) in [4.78, 5) is 23.2. The highest BCUT2D eigenvalue weighted by molar-refractivity contribution is 7.91. The summed E-state index contributed by atoms with van der Waals surface area (Å²) >= 11 is 0. The molecule has 7 heteroatoms. The molecule has 0 bridgehead atoms. The zero-order valence-electron chi connectivity index (χ0n) is 15.1. The molecule has 1 amide bonds. The van der Waals surface area contributed by atoms with E-state index in [9.17, 15) is 13.2 Å². The molecule has 2 heterocycles. The number of hydrogen-bond acceptors (Lipinski definition) is 5. The highest BCUT2D eigenvalue weighted by atomic mass is 32.2. The lowest BCUT2D eigenvalue weighted by atomic mass is 10.0. The monoisotopic (exact) mass is 373 g/mol. The summed E-state index contributed by atoms with van der Waals surface area (Å²) in [7, 11) is -3.01. The number of benzene rings is 1. The molecule has 0 atom stereocenters. The Kier molecular flexibility index (Phi) is 5.36. The Hall–Kier alpha value is -2.28. The molecule has 138 valence electrons. The van der Waals surface area contributed by atoms with E-state index in [1.807, 2.05) is 31.3 Å². The van der Waals surface area contributed by atoms with E-state index in [1.165, 1.54) is 0 Å². The van der Waals surface area contributed by atoms with Crippen molar-refractivity contribution < 1.29 is 13.2 Å². The molecule has 1 aliphatic heterocycles. The van der Waals surface area contributed by atoms with Crippen LogP contribution in [0.4, 0.5) is 0 Å². The van der Waals surface area contributed by atoms with Gasteiger partial charge in [0, 0.05) is 30.4 Å². The second kappa shape index (κ2) is 7.53. The molecule has 1 aromatic carbocycles. The number of aromatic nitrogens is 2. The molecule has 2 aromatic rings. The fraction of sp³-hybridized carbons (Fsp3) is 0.421. The van der Waals surface area contributed by atoms with Crippen LogP contribution >= 0.6 is 0 Å². The van der Waals surface area contributed by atoms with Gasteiger partial charge in [0.1, 0.15) is 5.82 Å². The summed E-state index contributed by atoms with van der Waals surface area (Å²) in [5.74, 6) is 0.622. The van der Waals surface area contributed by atoms with E-state index in [4.69, 9.17) is 0 Å². The van der Waals surface area contributed by atoms with E-state index in [0.29, 0.717) is 11.4 Å². The number of amides is 1. The Morgan fingerprint density at radius 3 is 2.65 bits per heavy atom. The van der Waals surface area contributed by atoms with Gasteiger partial charge in [-0.15, -0.1) is 0 Å². The molecule has 6 nitrogen and oxygen atoms in total. The van der Waals surface area contributed by atoms with Crippen molar-refractivity contribution in [1.29, 1.82) is 0 Å². The van der Waals surface area contributed by atoms with Crippen LogP contribution in [0.2, 0.25) is 0 Å². The van der Waals surface area contributed by atoms with Crippen molar-refractivity contribution in [1.82, 2.24) is 14.9 Å². The Morgan fingerprint density at radius 2 is 1.96 bits per heavy atom. The van der Waals surface area contributed by atoms with Gasteiger partial charge in [-0.3, -0.25) is 4.79 Å². The second-order valence-electron chi connectivity index (χ2n) is 6.57. The first kappa shape index (κ1) is 18.5. The molecule has 0 spiro atoms. The van der Waals surface area contributed by atoms with E-state index in [1.54, 1.807) is 11.0 Å². The SMILES string of the molecule is CCCc1cnc(C)nc1-c1cccc(C(=O)N2CCS(=O)(=O)CC2)c1. The second-order valence-corrected chi connectivity index (χ2v) is 8.87. The first-order chi connectivity index (χ1) is 12.4. The predicted octanol–water partition coefficient (Wildman–Crippen LogP) is 2.28. The molecule has 1 fully saturated rings. The molecule has 1 aromatic heterocycles. The van der Waals surface area contributed by atoms with E-state index in [2.05, 4.69) is 16.9 Å². The molecule has 0 saturated carbocycles. The van der Waals surface area contributed by atoms with Crippen molar-refractivity contribution in [2.45, 2.75) is 26.7 Å². The van der Waals surface area contributed by atoms with Gasteiger partial charge in [0.15, 0.2) is 9.84 Å². The molecule has 1 saturated heterocycles. The minimum absolute atomic E-state index is 0.0319. The van der Waals surface area contributed by atoms with Gasteiger partial charge in [-0.1, -0.05) is 25.5 Å². The Morgan fingerprint density at radius 1 is 1.23 bits per heavy atom. The minimum atomic E-state index is -3.01. The fourth-order valence-electron chi connectivity index (χ4n) is 3.09. The third kappa shape index (κ3) is 4.09. The molecular formula is C19H23N3O3S. The van der Waals surface area contributed by atoms with Crippen LogP contribution in [-0.4, -0.2) is 53.8 Å². The quantitative estimate of drug-likeness (QED) is 0.821. The van der Waals surface area contributed by atoms with Crippen LogP contribution in [0.3, 0.4) is 0 Å². The maximum atomic E-state index is 12.8. The molecule has 0 radical (unpaired) electrons. The number of carbonyl (C=O) groups excluding carboxylic acids is 1.